The molecule has 10 rings (SSSR count). The zero-order valence-electron chi connectivity index (χ0n) is 29.3. The second-order valence-corrected chi connectivity index (χ2v) is 14.4. The number of furan rings is 1. The Balaban J connectivity index is 0.969. The molecule has 0 radical (unpaired) electrons. The Morgan fingerprint density at radius 3 is 1.15 bits per heavy atom. The molecular formula is C50H34N2OS. The molecule has 0 aliphatic rings. The molecule has 2 heterocycles. The summed E-state index contributed by atoms with van der Waals surface area (Å²) in [6.45, 7) is 0. The summed E-state index contributed by atoms with van der Waals surface area (Å²) in [6.07, 6.45) is 0. The van der Waals surface area contributed by atoms with E-state index in [4.69, 9.17) is 4.42 Å². The Bertz CT molecular complexity index is 2570. The van der Waals surface area contributed by atoms with Crippen LogP contribution in [0.5, 0.6) is 0 Å². The van der Waals surface area contributed by atoms with Crippen LogP contribution in [0.1, 0.15) is 0 Å². The molecule has 2 aromatic heterocycles. The molecule has 4 heteroatoms. The van der Waals surface area contributed by atoms with Crippen molar-refractivity contribution in [1.29, 1.82) is 0 Å². The van der Waals surface area contributed by atoms with Crippen LogP contribution < -0.4 is 9.80 Å². The summed E-state index contributed by atoms with van der Waals surface area (Å²) in [5.41, 5.74) is 13.3. The first-order chi connectivity index (χ1) is 26.8. The van der Waals surface area contributed by atoms with Crippen molar-refractivity contribution in [3.05, 3.63) is 206 Å². The van der Waals surface area contributed by atoms with E-state index in [-0.39, 0.29) is 0 Å². The van der Waals surface area contributed by atoms with E-state index in [1.54, 1.807) is 11.3 Å². The molecule has 3 nitrogen and oxygen atoms in total. The van der Waals surface area contributed by atoms with Crippen LogP contribution in [0, 0.1) is 0 Å². The quantitative estimate of drug-likeness (QED) is 0.157. The van der Waals surface area contributed by atoms with Crippen molar-refractivity contribution < 1.29 is 4.42 Å². The van der Waals surface area contributed by atoms with Crippen molar-refractivity contribution in [1.82, 2.24) is 0 Å². The largest absolute Gasteiger partial charge is 0.454 e. The molecule has 0 aliphatic carbocycles. The highest BCUT2D eigenvalue weighted by Gasteiger charge is 2.17. The molecule has 10 aromatic rings. The van der Waals surface area contributed by atoms with Gasteiger partial charge in [0.2, 0.25) is 0 Å². The minimum Gasteiger partial charge on any atom is -0.454 e. The van der Waals surface area contributed by atoms with Crippen LogP contribution in [-0.4, -0.2) is 0 Å². The van der Waals surface area contributed by atoms with E-state index >= 15 is 0 Å². The zero-order chi connectivity index (χ0) is 35.8. The minimum absolute atomic E-state index is 0.912. The van der Waals surface area contributed by atoms with E-state index in [1.165, 1.54) is 31.7 Å². The summed E-state index contributed by atoms with van der Waals surface area (Å²) >= 11 is 1.80. The van der Waals surface area contributed by atoms with Gasteiger partial charge in [0.15, 0.2) is 5.58 Å². The van der Waals surface area contributed by atoms with Gasteiger partial charge in [-0.25, -0.2) is 0 Å². The van der Waals surface area contributed by atoms with Gasteiger partial charge in [-0.3, -0.25) is 0 Å². The maximum atomic E-state index is 6.58. The fourth-order valence-electron chi connectivity index (χ4n) is 7.43. The number of hydrogen-bond donors (Lipinski definition) is 0. The van der Waals surface area contributed by atoms with Crippen LogP contribution in [0.25, 0.3) is 53.6 Å². The first-order valence-corrected chi connectivity index (χ1v) is 19.0. The van der Waals surface area contributed by atoms with E-state index in [9.17, 15) is 0 Å². The number of anilines is 6. The minimum atomic E-state index is 0.912. The van der Waals surface area contributed by atoms with Gasteiger partial charge >= 0.3 is 0 Å². The lowest BCUT2D eigenvalue weighted by Gasteiger charge is -2.25. The SMILES string of the molecule is c1ccc(N(c2ccccc2)c2ccc(-c3ccc4sc5c6cc(-c7ccc(N(c8ccccc8)c8ccccc8)cc7)ccc6oc5c4c3)cc2)cc1. The maximum Gasteiger partial charge on any atom is 0.154 e. The zero-order valence-corrected chi connectivity index (χ0v) is 30.2. The number of fused-ring (bicyclic) bond motifs is 5. The van der Waals surface area contributed by atoms with Crippen molar-refractivity contribution in [2.75, 3.05) is 9.80 Å². The van der Waals surface area contributed by atoms with Gasteiger partial charge in [0.05, 0.1) is 4.70 Å². The van der Waals surface area contributed by atoms with Crippen LogP contribution >= 0.6 is 11.3 Å². The van der Waals surface area contributed by atoms with E-state index in [2.05, 4.69) is 216 Å². The van der Waals surface area contributed by atoms with Crippen molar-refractivity contribution in [3.8, 4) is 22.3 Å². The summed E-state index contributed by atoms with van der Waals surface area (Å²) in [4.78, 5) is 4.58. The topological polar surface area (TPSA) is 19.6 Å². The summed E-state index contributed by atoms with van der Waals surface area (Å²) in [7, 11) is 0. The first kappa shape index (κ1) is 31.8. The smallest absolute Gasteiger partial charge is 0.154 e. The summed E-state index contributed by atoms with van der Waals surface area (Å²) in [6, 6.07) is 73.1. The molecule has 0 amide bonds. The highest BCUT2D eigenvalue weighted by Crippen LogP contribution is 2.44. The van der Waals surface area contributed by atoms with Gasteiger partial charge in [-0.1, -0.05) is 109 Å². The monoisotopic (exact) mass is 710 g/mol. The van der Waals surface area contributed by atoms with Crippen LogP contribution in [0.2, 0.25) is 0 Å². The van der Waals surface area contributed by atoms with Crippen LogP contribution in [0.3, 0.4) is 0 Å². The Hall–Kier alpha value is -6.88. The van der Waals surface area contributed by atoms with Gasteiger partial charge in [0, 0.05) is 49.6 Å². The fraction of sp³-hybridized carbons (Fsp3) is 0. The fourth-order valence-corrected chi connectivity index (χ4v) is 8.56. The summed E-state index contributed by atoms with van der Waals surface area (Å²) < 4.78 is 8.99. The Labute approximate surface area is 318 Å². The number of benzene rings is 8. The number of rotatable bonds is 8. The summed E-state index contributed by atoms with van der Waals surface area (Å²) in [5.74, 6) is 0. The Kier molecular flexibility index (Phi) is 8.01. The average Bonchev–Trinajstić information content (AvgIpc) is 3.79. The first-order valence-electron chi connectivity index (χ1n) is 18.2. The molecule has 0 atom stereocenters. The van der Waals surface area contributed by atoms with Crippen molar-refractivity contribution in [2.24, 2.45) is 0 Å². The molecular weight excluding hydrogens is 677 g/mol. The van der Waals surface area contributed by atoms with Crippen molar-refractivity contribution in [3.63, 3.8) is 0 Å². The number of nitrogens with zero attached hydrogens (tertiary/aromatic N) is 2. The van der Waals surface area contributed by atoms with Crippen molar-refractivity contribution in [2.45, 2.75) is 0 Å². The molecule has 0 saturated heterocycles. The van der Waals surface area contributed by atoms with Crippen LogP contribution in [0.4, 0.5) is 34.1 Å². The molecule has 0 aliphatic heterocycles. The predicted octanol–water partition coefficient (Wildman–Crippen LogP) is 15.1. The predicted molar refractivity (Wildman–Crippen MR) is 229 cm³/mol. The molecule has 0 fully saturated rings. The molecule has 256 valence electrons. The van der Waals surface area contributed by atoms with Crippen LogP contribution in [0.15, 0.2) is 211 Å². The van der Waals surface area contributed by atoms with Gasteiger partial charge < -0.3 is 14.2 Å². The van der Waals surface area contributed by atoms with E-state index < -0.39 is 0 Å². The molecule has 0 bridgehead atoms. The lowest BCUT2D eigenvalue weighted by Crippen LogP contribution is -2.09. The second-order valence-electron chi connectivity index (χ2n) is 13.4. The van der Waals surface area contributed by atoms with E-state index in [1.807, 2.05) is 0 Å². The third-order valence-electron chi connectivity index (χ3n) is 10.1. The number of thiophene rings is 1. The number of para-hydroxylation sites is 4. The third kappa shape index (κ3) is 5.79. The van der Waals surface area contributed by atoms with Crippen molar-refractivity contribution >= 4 is 76.8 Å². The van der Waals surface area contributed by atoms with Gasteiger partial charge in [-0.2, -0.15) is 0 Å². The molecule has 8 aromatic carbocycles. The highest BCUT2D eigenvalue weighted by atomic mass is 32.1. The normalized spacial score (nSPS) is 11.3. The Morgan fingerprint density at radius 1 is 0.333 bits per heavy atom. The lowest BCUT2D eigenvalue weighted by molar-refractivity contribution is 0.673. The number of hydrogen-bond acceptors (Lipinski definition) is 4. The van der Waals surface area contributed by atoms with Gasteiger partial charge in [-0.15, -0.1) is 11.3 Å². The molecule has 54 heavy (non-hydrogen) atoms. The van der Waals surface area contributed by atoms with Gasteiger partial charge in [0.25, 0.3) is 0 Å². The van der Waals surface area contributed by atoms with E-state index in [0.717, 1.165) is 56.1 Å². The van der Waals surface area contributed by atoms with Crippen LogP contribution in [-0.2, 0) is 0 Å². The van der Waals surface area contributed by atoms with E-state index in [0.29, 0.717) is 0 Å². The van der Waals surface area contributed by atoms with Gasteiger partial charge in [0.1, 0.15) is 5.58 Å². The lowest BCUT2D eigenvalue weighted by atomic mass is 10.0. The highest BCUT2D eigenvalue weighted by molar-refractivity contribution is 7.26. The van der Waals surface area contributed by atoms with Gasteiger partial charge in [-0.05, 0) is 119 Å². The summed E-state index contributed by atoms with van der Waals surface area (Å²) in [5, 5.41) is 2.30. The Morgan fingerprint density at radius 2 is 0.704 bits per heavy atom. The molecule has 0 unspecified atom stereocenters. The molecule has 0 saturated carbocycles. The second kappa shape index (κ2) is 13.6. The molecule has 0 N–H and O–H groups in total. The average molecular weight is 711 g/mol. The molecule has 0 spiro atoms. The maximum absolute atomic E-state index is 6.58. The standard InChI is InChI=1S/C50H34N2OS/c1-5-13-39(14-6-1)51(40-15-7-2-8-16-40)43-27-21-35(22-28-43)37-25-31-47-45(33-37)50-49(53-47)46-34-38(26-32-48(46)54-50)36-23-29-44(30-24-36)52(41-17-9-3-10-18-41)42-19-11-4-12-20-42/h1-34H. The third-order valence-corrected chi connectivity index (χ3v) is 11.2.